The van der Waals surface area contributed by atoms with Crippen LogP contribution < -0.4 is 5.32 Å². The van der Waals surface area contributed by atoms with Crippen molar-refractivity contribution in [3.63, 3.8) is 0 Å². The van der Waals surface area contributed by atoms with Crippen LogP contribution in [0.1, 0.15) is 36.8 Å². The topological polar surface area (TPSA) is 38.1 Å². The molecule has 1 atom stereocenters. The average Bonchev–Trinajstić information content (AvgIpc) is 3.00. The van der Waals surface area contributed by atoms with Gasteiger partial charge in [0.15, 0.2) is 0 Å². The Bertz CT molecular complexity index is 727. The largest absolute Gasteiger partial charge is 0.469 e. The van der Waals surface area contributed by atoms with Gasteiger partial charge >= 0.3 is 0 Å². The molecule has 0 aliphatic rings. The lowest BCUT2D eigenvalue weighted by molar-refractivity contribution is 0.502. The van der Waals surface area contributed by atoms with Crippen molar-refractivity contribution in [3.8, 4) is 0 Å². The summed E-state index contributed by atoms with van der Waals surface area (Å²) in [5, 5.41) is 5.99. The molecule has 0 saturated carbocycles. The maximum Gasteiger partial charge on any atom is 0.108 e. The predicted octanol–water partition coefficient (Wildman–Crippen LogP) is 4.09. The molecule has 2 heterocycles. The molecule has 1 unspecified atom stereocenters. The lowest BCUT2D eigenvalue weighted by Crippen LogP contribution is -2.22. The third-order valence-electron chi connectivity index (χ3n) is 3.85. The fourth-order valence-corrected chi connectivity index (χ4v) is 2.89. The summed E-state index contributed by atoms with van der Waals surface area (Å²) in [6.07, 6.45) is 6.45. The molecule has 2 aromatic heterocycles. The highest BCUT2D eigenvalue weighted by molar-refractivity contribution is 5.85. The van der Waals surface area contributed by atoms with Crippen LogP contribution in [0.3, 0.4) is 0 Å². The van der Waals surface area contributed by atoms with Gasteiger partial charge in [-0.15, -0.1) is 0 Å². The molecule has 3 aromatic rings. The predicted molar refractivity (Wildman–Crippen MR) is 85.3 cm³/mol. The normalized spacial score (nSPS) is 12.7. The summed E-state index contributed by atoms with van der Waals surface area (Å²) in [6.45, 7) is 5.16. The highest BCUT2D eigenvalue weighted by Gasteiger charge is 2.20. The van der Waals surface area contributed by atoms with Crippen LogP contribution in [0.15, 0.2) is 53.4 Å². The number of rotatable bonds is 5. The number of nitrogens with zero attached hydrogens (tertiary/aromatic N) is 1. The maximum atomic E-state index is 5.62. The van der Waals surface area contributed by atoms with Crippen molar-refractivity contribution in [1.82, 2.24) is 10.3 Å². The van der Waals surface area contributed by atoms with Crippen molar-refractivity contribution in [2.24, 2.45) is 0 Å². The molecule has 21 heavy (non-hydrogen) atoms. The molecule has 1 N–H and O–H groups in total. The van der Waals surface area contributed by atoms with E-state index in [2.05, 4.69) is 54.5 Å². The van der Waals surface area contributed by atoms with Crippen molar-refractivity contribution in [2.45, 2.75) is 26.3 Å². The van der Waals surface area contributed by atoms with E-state index in [0.29, 0.717) is 0 Å². The van der Waals surface area contributed by atoms with Gasteiger partial charge in [-0.05, 0) is 29.6 Å². The van der Waals surface area contributed by atoms with Gasteiger partial charge in [0.25, 0.3) is 0 Å². The molecule has 3 nitrogen and oxygen atoms in total. The minimum absolute atomic E-state index is 0.148. The van der Waals surface area contributed by atoms with Crippen LogP contribution in [-0.2, 0) is 6.42 Å². The van der Waals surface area contributed by atoms with Crippen molar-refractivity contribution in [1.29, 1.82) is 0 Å². The minimum Gasteiger partial charge on any atom is -0.469 e. The molecule has 0 spiro atoms. The standard InChI is InChI=1S/C18H20N2O/c1-3-17-16(9-11-21-17)18(20-4-2)15-7-5-6-13-12-19-10-8-14(13)15/h5-12,18,20H,3-4H2,1-2H3. The number of pyridine rings is 1. The van der Waals surface area contributed by atoms with Crippen LogP contribution >= 0.6 is 0 Å². The number of hydrogen-bond acceptors (Lipinski definition) is 3. The monoisotopic (exact) mass is 280 g/mol. The number of hydrogen-bond donors (Lipinski definition) is 1. The van der Waals surface area contributed by atoms with Crippen LogP contribution in [0.4, 0.5) is 0 Å². The molecule has 108 valence electrons. The van der Waals surface area contributed by atoms with Crippen molar-refractivity contribution < 1.29 is 4.42 Å². The van der Waals surface area contributed by atoms with E-state index in [-0.39, 0.29) is 6.04 Å². The van der Waals surface area contributed by atoms with Crippen LogP contribution in [0, 0.1) is 0 Å². The summed E-state index contributed by atoms with van der Waals surface area (Å²) < 4.78 is 5.62. The second-order valence-electron chi connectivity index (χ2n) is 5.09. The van der Waals surface area contributed by atoms with E-state index in [1.165, 1.54) is 21.9 Å². The third kappa shape index (κ3) is 2.57. The lowest BCUT2D eigenvalue weighted by Gasteiger charge is -2.20. The van der Waals surface area contributed by atoms with Crippen LogP contribution in [0.5, 0.6) is 0 Å². The molecule has 3 heteroatoms. The molecule has 0 amide bonds. The summed E-state index contributed by atoms with van der Waals surface area (Å²) in [5.41, 5.74) is 2.50. The van der Waals surface area contributed by atoms with Crippen LogP contribution in [-0.4, -0.2) is 11.5 Å². The summed E-state index contributed by atoms with van der Waals surface area (Å²) in [7, 11) is 0. The summed E-state index contributed by atoms with van der Waals surface area (Å²) >= 11 is 0. The van der Waals surface area contributed by atoms with Crippen molar-refractivity contribution in [3.05, 3.63) is 65.9 Å². The number of fused-ring (bicyclic) bond motifs is 1. The second kappa shape index (κ2) is 6.10. The molecule has 0 saturated heterocycles. The first-order chi connectivity index (χ1) is 10.3. The molecule has 0 aliphatic carbocycles. The Morgan fingerprint density at radius 2 is 2.05 bits per heavy atom. The van der Waals surface area contributed by atoms with Gasteiger partial charge in [0.2, 0.25) is 0 Å². The number of benzene rings is 1. The van der Waals surface area contributed by atoms with Gasteiger partial charge in [0, 0.05) is 29.8 Å². The first-order valence-electron chi connectivity index (χ1n) is 7.47. The molecular formula is C18H20N2O. The first-order valence-corrected chi connectivity index (χ1v) is 7.47. The molecule has 0 radical (unpaired) electrons. The van der Waals surface area contributed by atoms with E-state index in [1.54, 1.807) is 6.26 Å². The zero-order valence-electron chi connectivity index (χ0n) is 12.5. The van der Waals surface area contributed by atoms with E-state index in [1.807, 2.05) is 12.4 Å². The molecule has 0 fully saturated rings. The molecule has 0 bridgehead atoms. The summed E-state index contributed by atoms with van der Waals surface area (Å²) in [4.78, 5) is 4.22. The Hall–Kier alpha value is -2.13. The van der Waals surface area contributed by atoms with Gasteiger partial charge in [-0.3, -0.25) is 4.98 Å². The fourth-order valence-electron chi connectivity index (χ4n) is 2.89. The minimum atomic E-state index is 0.148. The first kappa shape index (κ1) is 13.8. The number of nitrogens with one attached hydrogen (secondary N) is 1. The number of furan rings is 1. The Morgan fingerprint density at radius 1 is 1.14 bits per heavy atom. The third-order valence-corrected chi connectivity index (χ3v) is 3.85. The van der Waals surface area contributed by atoms with Crippen molar-refractivity contribution in [2.75, 3.05) is 6.54 Å². The van der Waals surface area contributed by atoms with E-state index in [9.17, 15) is 0 Å². The Balaban J connectivity index is 2.16. The quantitative estimate of drug-likeness (QED) is 0.765. The Labute approximate surface area is 125 Å². The number of aromatic nitrogens is 1. The maximum absolute atomic E-state index is 5.62. The Morgan fingerprint density at radius 3 is 2.86 bits per heavy atom. The van der Waals surface area contributed by atoms with E-state index < -0.39 is 0 Å². The van der Waals surface area contributed by atoms with E-state index in [4.69, 9.17) is 4.42 Å². The second-order valence-corrected chi connectivity index (χ2v) is 5.09. The summed E-state index contributed by atoms with van der Waals surface area (Å²) in [5.74, 6) is 1.05. The average molecular weight is 280 g/mol. The van der Waals surface area contributed by atoms with Crippen molar-refractivity contribution >= 4 is 10.8 Å². The smallest absolute Gasteiger partial charge is 0.108 e. The Kier molecular flexibility index (Phi) is 4.02. The lowest BCUT2D eigenvalue weighted by atomic mass is 9.94. The fraction of sp³-hybridized carbons (Fsp3) is 0.278. The van der Waals surface area contributed by atoms with Gasteiger partial charge < -0.3 is 9.73 Å². The molecule has 0 aliphatic heterocycles. The van der Waals surface area contributed by atoms with E-state index in [0.717, 1.165) is 18.7 Å². The molecule has 3 rings (SSSR count). The zero-order valence-corrected chi connectivity index (χ0v) is 12.5. The summed E-state index contributed by atoms with van der Waals surface area (Å²) in [6, 6.07) is 10.7. The van der Waals surface area contributed by atoms with Gasteiger partial charge in [0.1, 0.15) is 5.76 Å². The zero-order chi connectivity index (χ0) is 14.7. The number of aryl methyl sites for hydroxylation is 1. The van der Waals surface area contributed by atoms with Gasteiger partial charge in [-0.1, -0.05) is 32.0 Å². The van der Waals surface area contributed by atoms with Gasteiger partial charge in [-0.2, -0.15) is 0 Å². The molecular weight excluding hydrogens is 260 g/mol. The SMILES string of the molecule is CCNC(c1ccoc1CC)c1cccc2cnccc12. The van der Waals surface area contributed by atoms with Gasteiger partial charge in [-0.25, -0.2) is 0 Å². The van der Waals surface area contributed by atoms with Gasteiger partial charge in [0.05, 0.1) is 12.3 Å². The van der Waals surface area contributed by atoms with Crippen LogP contribution in [0.25, 0.3) is 10.8 Å². The highest BCUT2D eigenvalue weighted by Crippen LogP contribution is 2.31. The molecule has 1 aromatic carbocycles. The van der Waals surface area contributed by atoms with E-state index >= 15 is 0 Å². The van der Waals surface area contributed by atoms with Crippen LogP contribution in [0.2, 0.25) is 0 Å². The highest BCUT2D eigenvalue weighted by atomic mass is 16.3.